The van der Waals surface area contributed by atoms with Gasteiger partial charge in [-0.25, -0.2) is 0 Å². The molecule has 0 radical (unpaired) electrons. The van der Waals surface area contributed by atoms with E-state index in [1.807, 2.05) is 31.4 Å². The van der Waals surface area contributed by atoms with Gasteiger partial charge in [-0.15, -0.1) is 11.3 Å². The van der Waals surface area contributed by atoms with Crippen LogP contribution < -0.4 is 22.9 Å². The highest BCUT2D eigenvalue weighted by molar-refractivity contribution is 7.82. The molecule has 1 heterocycles. The minimum atomic E-state index is -1.04. The first-order valence-electron chi connectivity index (χ1n) is 17.8. The molecule has 2 saturated carbocycles. The molecule has 2 fully saturated rings. The summed E-state index contributed by atoms with van der Waals surface area (Å²) in [6.07, 6.45) is 14.1. The van der Waals surface area contributed by atoms with Gasteiger partial charge in [0.1, 0.15) is 24.2 Å². The minimum absolute atomic E-state index is 0.339. The van der Waals surface area contributed by atoms with Crippen LogP contribution in [0.15, 0.2) is 17.5 Å². The van der Waals surface area contributed by atoms with Crippen LogP contribution in [0.25, 0.3) is 0 Å². The molecule has 2 aliphatic rings. The lowest BCUT2D eigenvalue weighted by molar-refractivity contribution is -0.140. The summed E-state index contributed by atoms with van der Waals surface area (Å²) < 4.78 is -2.40. The summed E-state index contributed by atoms with van der Waals surface area (Å²) in [5.74, 6) is -3.55. The molecule has 0 amide bonds. The maximum Gasteiger partial charge on any atom is 0.322 e. The number of thiol groups is 4. The molecule has 0 bridgehead atoms. The van der Waals surface area contributed by atoms with Crippen LogP contribution in [0.1, 0.15) is 122 Å². The van der Waals surface area contributed by atoms with Crippen molar-refractivity contribution in [2.24, 2.45) is 28.9 Å². The van der Waals surface area contributed by atoms with Crippen molar-refractivity contribution in [3.63, 3.8) is 0 Å². The van der Waals surface area contributed by atoms with Crippen molar-refractivity contribution in [3.05, 3.63) is 22.4 Å². The van der Waals surface area contributed by atoms with E-state index < -0.39 is 67.0 Å². The quantitative estimate of drug-likeness (QED) is 0.101. The standard InChI is InChI=1S/C10H19NO2S.C9H19NO2S.C8H11NO2S2.C8H15NO2S/c1-10(14,8(11)9(12)13)7-5-3-2-4-6-7;1-3-5-6-9(13,4-2)7(10)8(11)12;1-8(12,6(9)7(10)11)5-3-2-4-13-5;9-6(7(10)11)8(12)4-2-1-3-5-8/h7-8,14H,2-6,11H2,1H3,(H,12,13);7,13H,3-6,10H2,1-2H3,(H,11,12);2-4,6,12H,9H2,1H3,(H,10,11);6,12H,1-5,9H2,(H,10,11). The zero-order valence-corrected chi connectivity index (χ0v) is 35.3. The van der Waals surface area contributed by atoms with E-state index in [1.54, 1.807) is 6.92 Å². The van der Waals surface area contributed by atoms with Crippen LogP contribution >= 0.6 is 61.9 Å². The highest BCUT2D eigenvalue weighted by atomic mass is 32.1. The van der Waals surface area contributed by atoms with E-state index in [9.17, 15) is 19.2 Å². The molecule has 7 unspecified atom stereocenters. The van der Waals surface area contributed by atoms with Crippen LogP contribution in [0.4, 0.5) is 0 Å². The lowest BCUT2D eigenvalue weighted by Crippen LogP contribution is -2.52. The molecule has 7 atom stereocenters. The molecule has 52 heavy (non-hydrogen) atoms. The number of unbranched alkanes of at least 4 members (excludes halogenated alkanes) is 1. The molecule has 1 aromatic rings. The Morgan fingerprint density at radius 3 is 1.67 bits per heavy atom. The van der Waals surface area contributed by atoms with Crippen LogP contribution in [0.5, 0.6) is 0 Å². The maximum absolute atomic E-state index is 10.8. The maximum atomic E-state index is 10.8. The molecular formula is C35H64N4O8S5. The number of nitrogens with two attached hydrogens (primary N) is 4. The summed E-state index contributed by atoms with van der Waals surface area (Å²) in [6, 6.07) is 0.140. The number of rotatable bonds is 14. The Hall–Kier alpha value is -1.18. The fraction of sp³-hybridized carbons (Fsp3) is 0.771. The van der Waals surface area contributed by atoms with Gasteiger partial charge >= 0.3 is 23.9 Å². The Kier molecular flexibility index (Phi) is 23.1. The number of thiophene rings is 1. The molecule has 3 rings (SSSR count). The van der Waals surface area contributed by atoms with Gasteiger partial charge in [0, 0.05) is 19.1 Å². The predicted octanol–water partition coefficient (Wildman–Crippen LogP) is 5.67. The summed E-state index contributed by atoms with van der Waals surface area (Å²) in [4.78, 5) is 43.7. The summed E-state index contributed by atoms with van der Waals surface area (Å²) in [6.45, 7) is 7.55. The van der Waals surface area contributed by atoms with Crippen molar-refractivity contribution >= 4 is 85.7 Å². The second-order valence-electron chi connectivity index (χ2n) is 14.2. The Balaban J connectivity index is 0.000000668. The topological polar surface area (TPSA) is 253 Å². The first-order valence-corrected chi connectivity index (χ1v) is 20.5. The largest absolute Gasteiger partial charge is 0.480 e. The van der Waals surface area contributed by atoms with Gasteiger partial charge in [-0.3, -0.25) is 19.2 Å². The van der Waals surface area contributed by atoms with Gasteiger partial charge in [-0.05, 0) is 69.7 Å². The molecular weight excluding hydrogens is 765 g/mol. The normalized spacial score (nSPS) is 21.5. The van der Waals surface area contributed by atoms with Gasteiger partial charge in [0.25, 0.3) is 0 Å². The average Bonchev–Trinajstić information content (AvgIpc) is 3.67. The average molecular weight is 829 g/mol. The summed E-state index contributed by atoms with van der Waals surface area (Å²) in [5.41, 5.74) is 22.3. The molecule has 0 saturated heterocycles. The third kappa shape index (κ3) is 15.9. The van der Waals surface area contributed by atoms with Crippen molar-refractivity contribution in [1.82, 2.24) is 0 Å². The number of carboxylic acid groups (broad SMARTS) is 4. The third-order valence-corrected chi connectivity index (χ3v) is 14.2. The van der Waals surface area contributed by atoms with Gasteiger partial charge in [-0.2, -0.15) is 50.5 Å². The molecule has 1 aromatic heterocycles. The van der Waals surface area contributed by atoms with E-state index in [4.69, 9.17) is 43.4 Å². The highest BCUT2D eigenvalue weighted by Gasteiger charge is 2.41. The second-order valence-corrected chi connectivity index (χ2v) is 18.8. The Bertz CT molecular complexity index is 1230. The van der Waals surface area contributed by atoms with Crippen LogP contribution in [-0.2, 0) is 23.9 Å². The van der Waals surface area contributed by atoms with Crippen LogP contribution in [-0.4, -0.2) is 82.7 Å². The van der Waals surface area contributed by atoms with Crippen molar-refractivity contribution in [2.75, 3.05) is 0 Å². The van der Waals surface area contributed by atoms with Crippen LogP contribution in [0, 0.1) is 5.92 Å². The summed E-state index contributed by atoms with van der Waals surface area (Å²) in [5, 5.41) is 37.0. The number of hydrogen-bond acceptors (Lipinski definition) is 13. The fourth-order valence-electron chi connectivity index (χ4n) is 6.12. The molecule has 302 valence electrons. The van der Waals surface area contributed by atoms with E-state index in [-0.39, 0.29) is 0 Å². The van der Waals surface area contributed by atoms with Crippen LogP contribution in [0.2, 0.25) is 0 Å². The first kappa shape index (κ1) is 50.8. The van der Waals surface area contributed by atoms with Crippen molar-refractivity contribution < 1.29 is 39.6 Å². The Morgan fingerprint density at radius 2 is 1.29 bits per heavy atom. The SMILES string of the molecule is CC(S)(C1CCCCC1)C(N)C(=O)O.CC(S)(c1cccs1)C(N)C(=O)O.CCCCC(S)(CC)C(N)C(=O)O.NC(C(=O)O)C1(S)CCCCC1. The smallest absolute Gasteiger partial charge is 0.322 e. The van der Waals surface area contributed by atoms with Gasteiger partial charge in [0.15, 0.2) is 0 Å². The molecule has 17 heteroatoms. The summed E-state index contributed by atoms with van der Waals surface area (Å²) in [7, 11) is 0. The fourth-order valence-corrected chi connectivity index (χ4v) is 8.35. The molecule has 12 N–H and O–H groups in total. The van der Waals surface area contributed by atoms with Gasteiger partial charge in [0.05, 0.1) is 4.75 Å². The van der Waals surface area contributed by atoms with E-state index in [0.29, 0.717) is 12.3 Å². The van der Waals surface area contributed by atoms with Crippen molar-refractivity contribution in [1.29, 1.82) is 0 Å². The van der Waals surface area contributed by atoms with Crippen LogP contribution in [0.3, 0.4) is 0 Å². The Morgan fingerprint density at radius 1 is 0.808 bits per heavy atom. The number of hydrogen-bond donors (Lipinski definition) is 12. The van der Waals surface area contributed by atoms with E-state index in [0.717, 1.165) is 62.7 Å². The van der Waals surface area contributed by atoms with Gasteiger partial charge < -0.3 is 43.4 Å². The number of aliphatic carboxylic acids is 4. The number of carboxylic acids is 4. The molecule has 0 aliphatic heterocycles. The monoisotopic (exact) mass is 828 g/mol. The Labute approximate surface area is 335 Å². The van der Waals surface area contributed by atoms with E-state index >= 15 is 0 Å². The summed E-state index contributed by atoms with van der Waals surface area (Å²) >= 11 is 19.0. The van der Waals surface area contributed by atoms with E-state index in [2.05, 4.69) is 57.4 Å². The first-order chi connectivity index (χ1) is 24.0. The lowest BCUT2D eigenvalue weighted by Gasteiger charge is -2.38. The van der Waals surface area contributed by atoms with Gasteiger partial charge in [0.2, 0.25) is 0 Å². The molecule has 12 nitrogen and oxygen atoms in total. The second kappa shape index (κ2) is 23.7. The highest BCUT2D eigenvalue weighted by Crippen LogP contribution is 2.39. The van der Waals surface area contributed by atoms with Crippen molar-refractivity contribution in [2.45, 2.75) is 161 Å². The lowest BCUT2D eigenvalue weighted by atomic mass is 9.77. The van der Waals surface area contributed by atoms with E-state index in [1.165, 1.54) is 37.0 Å². The zero-order chi connectivity index (χ0) is 40.5. The molecule has 2 aliphatic carbocycles. The van der Waals surface area contributed by atoms with Crippen molar-refractivity contribution in [3.8, 4) is 0 Å². The predicted molar refractivity (Wildman–Crippen MR) is 223 cm³/mol. The zero-order valence-electron chi connectivity index (χ0n) is 30.9. The number of carbonyl (C=O) groups is 4. The third-order valence-electron chi connectivity index (χ3n) is 10.2. The molecule has 0 aromatic carbocycles. The van der Waals surface area contributed by atoms with Gasteiger partial charge in [-0.1, -0.05) is 71.3 Å². The minimum Gasteiger partial charge on any atom is -0.480 e. The molecule has 0 spiro atoms.